The normalized spacial score (nSPS) is 11.8. The van der Waals surface area contributed by atoms with E-state index in [1.807, 2.05) is 0 Å². The Morgan fingerprint density at radius 1 is 0.870 bits per heavy atom. The summed E-state index contributed by atoms with van der Waals surface area (Å²) in [7, 11) is -4.89. The van der Waals surface area contributed by atoms with Gasteiger partial charge in [-0.05, 0) is 12.1 Å². The summed E-state index contributed by atoms with van der Waals surface area (Å²) in [5.41, 5.74) is -2.24. The van der Waals surface area contributed by atoms with Crippen LogP contribution in [0.1, 0.15) is 0 Å². The van der Waals surface area contributed by atoms with Crippen LogP contribution in [-0.4, -0.2) is 13.0 Å². The maximum atomic E-state index is 13.9. The van der Waals surface area contributed by atoms with Gasteiger partial charge in [0, 0.05) is 10.0 Å². The lowest BCUT2D eigenvalue weighted by Crippen LogP contribution is -2.06. The number of benzene rings is 2. The molecule has 11 heteroatoms. The molecule has 0 atom stereocenters. The molecule has 0 fully saturated rings. The van der Waals surface area contributed by atoms with Crippen molar-refractivity contribution in [1.29, 1.82) is 0 Å². The van der Waals surface area contributed by atoms with Gasteiger partial charge in [0.2, 0.25) is 5.82 Å². The zero-order valence-corrected chi connectivity index (χ0v) is 13.6. The maximum absolute atomic E-state index is 13.9. The van der Waals surface area contributed by atoms with E-state index in [1.54, 1.807) is 0 Å². The van der Waals surface area contributed by atoms with Gasteiger partial charge in [-0.2, -0.15) is 8.42 Å². The van der Waals surface area contributed by atoms with Gasteiger partial charge >= 0.3 is 0 Å². The summed E-state index contributed by atoms with van der Waals surface area (Å²) >= 11 is 8.47. The predicted molar refractivity (Wildman–Crippen MR) is 74.2 cm³/mol. The molecule has 0 aromatic heterocycles. The van der Waals surface area contributed by atoms with Crippen molar-refractivity contribution in [3.8, 4) is 11.1 Å². The summed E-state index contributed by atoms with van der Waals surface area (Å²) in [6, 6.07) is 1.71. The van der Waals surface area contributed by atoms with Crippen molar-refractivity contribution in [2.75, 3.05) is 0 Å². The minimum atomic E-state index is -4.89. The van der Waals surface area contributed by atoms with Gasteiger partial charge in [-0.25, -0.2) is 22.0 Å². The first-order chi connectivity index (χ1) is 10.5. The second-order valence-electron chi connectivity index (χ2n) is 4.15. The van der Waals surface area contributed by atoms with E-state index in [1.165, 1.54) is 0 Å². The van der Waals surface area contributed by atoms with Gasteiger partial charge in [-0.3, -0.25) is 4.55 Å². The minimum absolute atomic E-state index is 0.252. The minimum Gasteiger partial charge on any atom is -0.282 e. The van der Waals surface area contributed by atoms with Gasteiger partial charge in [0.15, 0.2) is 23.3 Å². The van der Waals surface area contributed by atoms with Crippen LogP contribution in [0.15, 0.2) is 21.5 Å². The average molecular weight is 438 g/mol. The molecule has 0 aliphatic carbocycles. The summed E-state index contributed by atoms with van der Waals surface area (Å²) in [5, 5.41) is -0.912. The molecular weight excluding hydrogens is 435 g/mol. The van der Waals surface area contributed by atoms with E-state index >= 15 is 0 Å². The summed E-state index contributed by atoms with van der Waals surface area (Å²) in [5.74, 6) is -11.2. The number of halogens is 7. The van der Waals surface area contributed by atoms with Crippen molar-refractivity contribution in [3.63, 3.8) is 0 Å². The molecular formula is C12H3BrClF5O3S. The van der Waals surface area contributed by atoms with E-state index in [-0.39, 0.29) is 4.47 Å². The molecule has 0 amide bonds. The molecule has 124 valence electrons. The second kappa shape index (κ2) is 6.00. The lowest BCUT2D eigenvalue weighted by Gasteiger charge is -2.13. The zero-order chi connectivity index (χ0) is 17.7. The Bertz CT molecular complexity index is 904. The molecule has 2 aromatic carbocycles. The van der Waals surface area contributed by atoms with Gasteiger partial charge in [0.05, 0.1) is 10.6 Å². The van der Waals surface area contributed by atoms with Crippen molar-refractivity contribution in [2.24, 2.45) is 0 Å². The maximum Gasteiger partial charge on any atom is 0.296 e. The lowest BCUT2D eigenvalue weighted by atomic mass is 10.0. The number of hydrogen-bond acceptors (Lipinski definition) is 2. The van der Waals surface area contributed by atoms with Crippen molar-refractivity contribution in [2.45, 2.75) is 4.90 Å². The Morgan fingerprint density at radius 2 is 1.30 bits per heavy atom. The molecule has 3 nitrogen and oxygen atoms in total. The van der Waals surface area contributed by atoms with E-state index in [0.717, 1.165) is 12.1 Å². The molecule has 0 unspecified atom stereocenters. The summed E-state index contributed by atoms with van der Waals surface area (Å²) in [6.45, 7) is 0. The molecule has 2 rings (SSSR count). The SMILES string of the molecule is O=S(=O)(O)c1ccc(Br)c(-c2c(F)c(F)c(F)c(F)c2F)c1Cl. The molecule has 0 aliphatic heterocycles. The van der Waals surface area contributed by atoms with Gasteiger partial charge in [0.1, 0.15) is 4.90 Å². The number of hydrogen-bond donors (Lipinski definition) is 1. The Kier molecular flexibility index (Phi) is 4.73. The fourth-order valence-electron chi connectivity index (χ4n) is 1.79. The summed E-state index contributed by atoms with van der Waals surface area (Å²) in [4.78, 5) is -0.957. The average Bonchev–Trinajstić information content (AvgIpc) is 2.45. The fourth-order valence-corrected chi connectivity index (χ4v) is 3.55. The number of rotatable bonds is 2. The highest BCUT2D eigenvalue weighted by molar-refractivity contribution is 9.10. The third-order valence-electron chi connectivity index (χ3n) is 2.79. The smallest absolute Gasteiger partial charge is 0.282 e. The first kappa shape index (κ1) is 18.1. The monoisotopic (exact) mass is 436 g/mol. The van der Waals surface area contributed by atoms with Crippen LogP contribution >= 0.6 is 27.5 Å². The van der Waals surface area contributed by atoms with Gasteiger partial charge in [-0.15, -0.1) is 0 Å². The van der Waals surface area contributed by atoms with Gasteiger partial charge in [-0.1, -0.05) is 27.5 Å². The van der Waals surface area contributed by atoms with Crippen LogP contribution in [0, 0.1) is 29.1 Å². The highest BCUT2D eigenvalue weighted by atomic mass is 79.9. The predicted octanol–water partition coefficient (Wildman–Crippen LogP) is 4.71. The lowest BCUT2D eigenvalue weighted by molar-refractivity contribution is 0.381. The molecule has 23 heavy (non-hydrogen) atoms. The van der Waals surface area contributed by atoms with E-state index in [4.69, 9.17) is 16.2 Å². The van der Waals surface area contributed by atoms with Crippen LogP contribution in [0.3, 0.4) is 0 Å². The van der Waals surface area contributed by atoms with Crippen LogP contribution < -0.4 is 0 Å². The quantitative estimate of drug-likeness (QED) is 0.320. The van der Waals surface area contributed by atoms with Crippen LogP contribution in [0.4, 0.5) is 22.0 Å². The third kappa shape index (κ3) is 2.95. The molecule has 0 radical (unpaired) electrons. The molecule has 0 saturated carbocycles. The molecule has 2 aromatic rings. The van der Waals surface area contributed by atoms with E-state index in [2.05, 4.69) is 15.9 Å². The van der Waals surface area contributed by atoms with E-state index in [9.17, 15) is 30.4 Å². The third-order valence-corrected chi connectivity index (χ3v) is 4.85. The summed E-state index contributed by atoms with van der Waals surface area (Å²) in [6.07, 6.45) is 0. The van der Waals surface area contributed by atoms with Crippen LogP contribution in [0.5, 0.6) is 0 Å². The first-order valence-corrected chi connectivity index (χ1v) is 8.06. The first-order valence-electron chi connectivity index (χ1n) is 5.45. The Balaban J connectivity index is 3.00. The standard InChI is InChI=1S/C12H3BrClF5O3S/c13-3-1-2-4(23(20,21)22)7(14)5(3)6-8(15)10(17)12(19)11(18)9(6)16/h1-2H,(H,20,21,22). The Morgan fingerprint density at radius 3 is 1.74 bits per heavy atom. The van der Waals surface area contributed by atoms with Gasteiger partial charge < -0.3 is 0 Å². The van der Waals surface area contributed by atoms with E-state index in [0.29, 0.717) is 0 Å². The van der Waals surface area contributed by atoms with Crippen molar-refractivity contribution in [1.82, 2.24) is 0 Å². The Hall–Kier alpha value is -1.23. The van der Waals surface area contributed by atoms with Crippen LogP contribution in [0.25, 0.3) is 11.1 Å². The van der Waals surface area contributed by atoms with Crippen molar-refractivity contribution >= 4 is 37.6 Å². The van der Waals surface area contributed by atoms with E-state index < -0.39 is 60.2 Å². The van der Waals surface area contributed by atoms with Crippen LogP contribution in [0.2, 0.25) is 5.02 Å². The summed E-state index contributed by atoms with van der Waals surface area (Å²) < 4.78 is 98.5. The highest BCUT2D eigenvalue weighted by Gasteiger charge is 2.30. The zero-order valence-electron chi connectivity index (χ0n) is 10.5. The van der Waals surface area contributed by atoms with Crippen molar-refractivity contribution in [3.05, 3.63) is 50.7 Å². The Labute approximate surface area is 139 Å². The van der Waals surface area contributed by atoms with Crippen LogP contribution in [-0.2, 0) is 10.1 Å². The highest BCUT2D eigenvalue weighted by Crippen LogP contribution is 2.42. The topological polar surface area (TPSA) is 54.4 Å². The van der Waals surface area contributed by atoms with Crippen molar-refractivity contribution < 1.29 is 34.9 Å². The molecule has 1 N–H and O–H groups in total. The largest absolute Gasteiger partial charge is 0.296 e. The fraction of sp³-hybridized carbons (Fsp3) is 0. The molecule has 0 spiro atoms. The molecule has 0 bridgehead atoms. The van der Waals surface area contributed by atoms with Gasteiger partial charge in [0.25, 0.3) is 10.1 Å². The molecule has 0 saturated heterocycles. The molecule has 0 aliphatic rings. The molecule has 0 heterocycles. The second-order valence-corrected chi connectivity index (χ2v) is 6.78.